The van der Waals surface area contributed by atoms with Crippen molar-refractivity contribution in [1.29, 1.82) is 0 Å². The van der Waals surface area contributed by atoms with Gasteiger partial charge in [0, 0.05) is 0 Å². The third-order valence-corrected chi connectivity index (χ3v) is 1.74. The maximum absolute atomic E-state index is 10.3. The Morgan fingerprint density at radius 2 is 2.17 bits per heavy atom. The second-order valence-corrected chi connectivity index (χ2v) is 2.87. The Labute approximate surface area is 73.3 Å². The molecule has 0 aromatic carbocycles. The Morgan fingerprint density at radius 1 is 1.50 bits per heavy atom. The van der Waals surface area contributed by atoms with E-state index in [1.165, 1.54) is 0 Å². The number of hydrogen-bond donors (Lipinski definition) is 2. The number of allylic oxidation sites excluding steroid dienone is 1. The van der Waals surface area contributed by atoms with Crippen molar-refractivity contribution in [3.05, 3.63) is 12.7 Å². The molecule has 70 valence electrons. The molecule has 0 rings (SSSR count). The van der Waals surface area contributed by atoms with Crippen LogP contribution in [0.25, 0.3) is 0 Å². The van der Waals surface area contributed by atoms with Gasteiger partial charge in [-0.25, -0.2) is 0 Å². The van der Waals surface area contributed by atoms with Crippen LogP contribution in [0.15, 0.2) is 12.7 Å². The van der Waals surface area contributed by atoms with E-state index in [0.717, 1.165) is 25.7 Å². The molecular weight excluding hydrogens is 154 g/mol. The molecule has 0 saturated carbocycles. The summed E-state index contributed by atoms with van der Waals surface area (Å²) < 4.78 is 0. The second-order valence-electron chi connectivity index (χ2n) is 2.87. The number of aliphatic carboxylic acids is 1. The average molecular weight is 171 g/mol. The second kappa shape index (κ2) is 6.85. The molecule has 0 saturated heterocycles. The lowest BCUT2D eigenvalue weighted by Gasteiger charge is -2.04. The minimum atomic E-state index is -0.904. The number of carbonyl (C=O) groups is 1. The van der Waals surface area contributed by atoms with Gasteiger partial charge in [-0.1, -0.05) is 18.9 Å². The number of hydrogen-bond acceptors (Lipinski definition) is 2. The molecule has 0 heterocycles. The van der Waals surface area contributed by atoms with E-state index in [9.17, 15) is 4.79 Å². The van der Waals surface area contributed by atoms with E-state index in [2.05, 4.69) is 6.58 Å². The van der Waals surface area contributed by atoms with Crippen LogP contribution in [0, 0.1) is 0 Å². The molecule has 0 aromatic heterocycles. The Kier molecular flexibility index (Phi) is 6.38. The molecule has 0 spiro atoms. The average Bonchev–Trinajstić information content (AvgIpc) is 2.03. The maximum atomic E-state index is 10.3. The molecule has 0 bridgehead atoms. The zero-order valence-electron chi connectivity index (χ0n) is 7.33. The number of rotatable bonds is 7. The molecule has 0 aliphatic heterocycles. The standard InChI is InChI=1S/C9H17NO2/c1-2-3-4-5-6-7-8(10)9(11)12/h2,8H,1,3-7,10H2,(H,11,12). The molecule has 0 aliphatic rings. The molecule has 12 heavy (non-hydrogen) atoms. The van der Waals surface area contributed by atoms with Gasteiger partial charge in [0.25, 0.3) is 0 Å². The zero-order valence-corrected chi connectivity index (χ0v) is 7.33. The fourth-order valence-corrected chi connectivity index (χ4v) is 0.953. The van der Waals surface area contributed by atoms with Gasteiger partial charge in [-0.2, -0.15) is 0 Å². The smallest absolute Gasteiger partial charge is 0.320 e. The van der Waals surface area contributed by atoms with Crippen molar-refractivity contribution in [2.24, 2.45) is 5.73 Å². The van der Waals surface area contributed by atoms with Crippen LogP contribution in [0.5, 0.6) is 0 Å². The normalized spacial score (nSPS) is 12.4. The van der Waals surface area contributed by atoms with E-state index in [0.29, 0.717) is 6.42 Å². The van der Waals surface area contributed by atoms with Gasteiger partial charge in [0.1, 0.15) is 6.04 Å². The lowest BCUT2D eigenvalue weighted by molar-refractivity contribution is -0.138. The summed E-state index contributed by atoms with van der Waals surface area (Å²) in [5.41, 5.74) is 5.31. The predicted molar refractivity (Wildman–Crippen MR) is 48.9 cm³/mol. The predicted octanol–water partition coefficient (Wildman–Crippen LogP) is 1.53. The quantitative estimate of drug-likeness (QED) is 0.451. The summed E-state index contributed by atoms with van der Waals surface area (Å²) in [6.45, 7) is 3.60. The molecule has 3 N–H and O–H groups in total. The summed E-state index contributed by atoms with van der Waals surface area (Å²) in [6, 6.07) is -0.686. The van der Waals surface area contributed by atoms with Crippen molar-refractivity contribution in [3.8, 4) is 0 Å². The molecule has 0 fully saturated rings. The lowest BCUT2D eigenvalue weighted by Crippen LogP contribution is -2.29. The lowest BCUT2D eigenvalue weighted by atomic mass is 10.1. The van der Waals surface area contributed by atoms with Crippen LogP contribution in [0.4, 0.5) is 0 Å². The highest BCUT2D eigenvalue weighted by atomic mass is 16.4. The van der Waals surface area contributed by atoms with Crippen molar-refractivity contribution < 1.29 is 9.90 Å². The Hall–Kier alpha value is -0.830. The first-order valence-corrected chi connectivity index (χ1v) is 4.27. The first kappa shape index (κ1) is 11.2. The fourth-order valence-electron chi connectivity index (χ4n) is 0.953. The van der Waals surface area contributed by atoms with Crippen molar-refractivity contribution in [2.75, 3.05) is 0 Å². The van der Waals surface area contributed by atoms with Crippen LogP contribution < -0.4 is 5.73 Å². The van der Waals surface area contributed by atoms with E-state index in [4.69, 9.17) is 10.8 Å². The topological polar surface area (TPSA) is 63.3 Å². The highest BCUT2D eigenvalue weighted by molar-refractivity contribution is 5.72. The van der Waals surface area contributed by atoms with E-state index in [-0.39, 0.29) is 0 Å². The Balaban J connectivity index is 3.19. The van der Waals surface area contributed by atoms with E-state index < -0.39 is 12.0 Å². The summed E-state index contributed by atoms with van der Waals surface area (Å²) in [4.78, 5) is 10.3. The molecular formula is C9H17NO2. The number of unbranched alkanes of at least 4 members (excludes halogenated alkanes) is 3. The molecule has 3 heteroatoms. The van der Waals surface area contributed by atoms with Gasteiger partial charge in [-0.3, -0.25) is 4.79 Å². The van der Waals surface area contributed by atoms with Gasteiger partial charge in [0.05, 0.1) is 0 Å². The van der Waals surface area contributed by atoms with E-state index in [1.807, 2.05) is 6.08 Å². The minimum Gasteiger partial charge on any atom is -0.480 e. The summed E-state index contributed by atoms with van der Waals surface area (Å²) in [7, 11) is 0. The molecule has 1 unspecified atom stereocenters. The SMILES string of the molecule is C=CCCCCCC(N)C(=O)O. The first-order chi connectivity index (χ1) is 5.68. The van der Waals surface area contributed by atoms with E-state index in [1.54, 1.807) is 0 Å². The zero-order chi connectivity index (χ0) is 9.40. The van der Waals surface area contributed by atoms with Crippen molar-refractivity contribution in [3.63, 3.8) is 0 Å². The van der Waals surface area contributed by atoms with Gasteiger partial charge >= 0.3 is 5.97 Å². The molecule has 0 aliphatic carbocycles. The summed E-state index contributed by atoms with van der Waals surface area (Å²) in [5, 5.41) is 8.44. The third-order valence-electron chi connectivity index (χ3n) is 1.74. The van der Waals surface area contributed by atoms with Crippen LogP contribution in [-0.4, -0.2) is 17.1 Å². The maximum Gasteiger partial charge on any atom is 0.320 e. The van der Waals surface area contributed by atoms with Crippen molar-refractivity contribution in [1.82, 2.24) is 0 Å². The summed E-state index contributed by atoms with van der Waals surface area (Å²) >= 11 is 0. The monoisotopic (exact) mass is 171 g/mol. The van der Waals surface area contributed by atoms with Gasteiger partial charge < -0.3 is 10.8 Å². The van der Waals surface area contributed by atoms with Gasteiger partial charge in [0.15, 0.2) is 0 Å². The van der Waals surface area contributed by atoms with Crippen molar-refractivity contribution in [2.45, 2.75) is 38.1 Å². The summed E-state index contributed by atoms with van der Waals surface area (Å²) in [6.07, 6.45) is 6.45. The van der Waals surface area contributed by atoms with E-state index >= 15 is 0 Å². The van der Waals surface area contributed by atoms with Crippen LogP contribution in [0.1, 0.15) is 32.1 Å². The summed E-state index contributed by atoms with van der Waals surface area (Å²) in [5.74, 6) is -0.904. The molecule has 0 amide bonds. The molecule has 0 aromatic rings. The number of nitrogens with two attached hydrogens (primary N) is 1. The molecule has 3 nitrogen and oxygen atoms in total. The molecule has 1 atom stereocenters. The number of carboxylic acids is 1. The molecule has 0 radical (unpaired) electrons. The van der Waals surface area contributed by atoms with Gasteiger partial charge in [0.2, 0.25) is 0 Å². The Bertz CT molecular complexity index is 145. The fraction of sp³-hybridized carbons (Fsp3) is 0.667. The van der Waals surface area contributed by atoms with Gasteiger partial charge in [-0.15, -0.1) is 6.58 Å². The highest BCUT2D eigenvalue weighted by Gasteiger charge is 2.09. The van der Waals surface area contributed by atoms with Crippen LogP contribution >= 0.6 is 0 Å². The highest BCUT2D eigenvalue weighted by Crippen LogP contribution is 2.04. The Morgan fingerprint density at radius 3 is 2.67 bits per heavy atom. The van der Waals surface area contributed by atoms with Crippen molar-refractivity contribution >= 4 is 5.97 Å². The number of carboxylic acid groups (broad SMARTS) is 1. The third kappa shape index (κ3) is 5.92. The largest absolute Gasteiger partial charge is 0.480 e. The first-order valence-electron chi connectivity index (χ1n) is 4.27. The minimum absolute atomic E-state index is 0.576. The van der Waals surface area contributed by atoms with Crippen LogP contribution in [0.2, 0.25) is 0 Å². The van der Waals surface area contributed by atoms with Crippen LogP contribution in [-0.2, 0) is 4.79 Å². The van der Waals surface area contributed by atoms with Gasteiger partial charge in [-0.05, 0) is 19.3 Å². The van der Waals surface area contributed by atoms with Crippen LogP contribution in [0.3, 0.4) is 0 Å².